The zero-order valence-electron chi connectivity index (χ0n) is 24.4. The van der Waals surface area contributed by atoms with Crippen LogP contribution in [-0.2, 0) is 17.9 Å². The van der Waals surface area contributed by atoms with E-state index in [1.54, 1.807) is 25.1 Å². The number of aromatic nitrogens is 2. The van der Waals surface area contributed by atoms with E-state index in [0.29, 0.717) is 50.0 Å². The minimum Gasteiger partial charge on any atom is -0.493 e. The Morgan fingerprint density at radius 2 is 1.85 bits per heavy atom. The zero-order valence-corrected chi connectivity index (χ0v) is 24.4. The summed E-state index contributed by atoms with van der Waals surface area (Å²) in [7, 11) is 1.64. The Morgan fingerprint density at radius 1 is 1.02 bits per heavy atom. The Bertz CT molecular complexity index is 1290. The topological polar surface area (TPSA) is 89.3 Å². The number of rotatable bonds is 11. The highest BCUT2D eigenvalue weighted by molar-refractivity contribution is 5.73. The smallest absolute Gasteiger partial charge is 0.219 e. The Morgan fingerprint density at radius 3 is 2.55 bits per heavy atom. The molecule has 216 valence electrons. The lowest BCUT2D eigenvalue weighted by Crippen LogP contribution is -2.51. The van der Waals surface area contributed by atoms with E-state index in [0.717, 1.165) is 29.9 Å². The van der Waals surface area contributed by atoms with Crippen molar-refractivity contribution in [2.45, 2.75) is 52.8 Å². The molecule has 0 aliphatic carbocycles. The highest BCUT2D eigenvalue weighted by Gasteiger charge is 2.37. The number of nitrogens with zero attached hydrogens (tertiary/aromatic N) is 4. The molecule has 3 aromatic rings. The first-order valence-electron chi connectivity index (χ1n) is 13.8. The fourth-order valence-electron chi connectivity index (χ4n) is 5.00. The van der Waals surface area contributed by atoms with Gasteiger partial charge >= 0.3 is 0 Å². The fourth-order valence-corrected chi connectivity index (χ4v) is 5.00. The van der Waals surface area contributed by atoms with Crippen LogP contribution in [0.1, 0.15) is 35.9 Å². The Balaban J connectivity index is 1.39. The van der Waals surface area contributed by atoms with Gasteiger partial charge in [0.05, 0.1) is 20.3 Å². The van der Waals surface area contributed by atoms with E-state index < -0.39 is 5.60 Å². The van der Waals surface area contributed by atoms with Crippen LogP contribution in [-0.4, -0.2) is 82.5 Å². The monoisotopic (exact) mass is 550 g/mol. The standard InChI is InChI=1S/C31H42N4O5/c1-23-7-9-28(17-24(23)2)40-22-31(37)20-33(14-15-35(21-31)26(4)36)19-27-8-10-29(30(18-27)38-5)39-16-6-12-34-13-11-32-25(34)3/h7-11,13,17-18,37H,6,12,14-16,19-22H2,1-5H3/t31-/m0/s1. The molecular formula is C31H42N4O5. The molecule has 1 saturated heterocycles. The van der Waals surface area contributed by atoms with E-state index in [1.165, 1.54) is 5.56 Å². The molecule has 0 spiro atoms. The van der Waals surface area contributed by atoms with Crippen molar-refractivity contribution < 1.29 is 24.1 Å². The third kappa shape index (κ3) is 7.76. The van der Waals surface area contributed by atoms with Crippen LogP contribution in [0.3, 0.4) is 0 Å². The number of carbonyl (C=O) groups is 1. The number of amides is 1. The fraction of sp³-hybridized carbons (Fsp3) is 0.484. The normalized spacial score (nSPS) is 17.9. The Kier molecular flexibility index (Phi) is 9.71. The van der Waals surface area contributed by atoms with Crippen molar-refractivity contribution in [2.24, 2.45) is 0 Å². The van der Waals surface area contributed by atoms with Crippen molar-refractivity contribution in [3.05, 3.63) is 71.3 Å². The molecule has 2 aromatic carbocycles. The predicted octanol–water partition coefficient (Wildman–Crippen LogP) is 3.76. The van der Waals surface area contributed by atoms with Crippen LogP contribution in [0.5, 0.6) is 17.2 Å². The molecule has 1 aliphatic rings. The maximum absolute atomic E-state index is 12.3. The van der Waals surface area contributed by atoms with Gasteiger partial charge in [0.15, 0.2) is 11.5 Å². The first-order chi connectivity index (χ1) is 19.2. The third-order valence-electron chi connectivity index (χ3n) is 7.48. The number of benzene rings is 2. The van der Waals surface area contributed by atoms with E-state index in [9.17, 15) is 9.90 Å². The number of hydrogen-bond donors (Lipinski definition) is 1. The second-order valence-corrected chi connectivity index (χ2v) is 10.8. The van der Waals surface area contributed by atoms with E-state index in [4.69, 9.17) is 14.2 Å². The third-order valence-corrected chi connectivity index (χ3v) is 7.48. The van der Waals surface area contributed by atoms with Crippen LogP contribution < -0.4 is 14.2 Å². The molecule has 0 bridgehead atoms. The molecule has 0 radical (unpaired) electrons. The second kappa shape index (κ2) is 13.2. The number of methoxy groups -OCH3 is 1. The predicted molar refractivity (Wildman–Crippen MR) is 154 cm³/mol. The lowest BCUT2D eigenvalue weighted by atomic mass is 10.0. The lowest BCUT2D eigenvalue weighted by molar-refractivity contribution is -0.132. The number of β-amino-alcohol motifs (C(OH)–C–C–N with tert-alkyl or cyclic N) is 1. The minimum atomic E-state index is -1.22. The molecule has 4 rings (SSSR count). The van der Waals surface area contributed by atoms with Crippen molar-refractivity contribution in [3.8, 4) is 17.2 Å². The van der Waals surface area contributed by atoms with Gasteiger partial charge in [-0.25, -0.2) is 4.98 Å². The second-order valence-electron chi connectivity index (χ2n) is 10.8. The molecule has 9 heteroatoms. The largest absolute Gasteiger partial charge is 0.493 e. The Labute approximate surface area is 237 Å². The first-order valence-corrected chi connectivity index (χ1v) is 13.8. The molecule has 1 aromatic heterocycles. The molecule has 1 N–H and O–H groups in total. The van der Waals surface area contributed by atoms with Crippen LogP contribution in [0.15, 0.2) is 48.8 Å². The van der Waals surface area contributed by atoms with Gasteiger partial charge in [0.1, 0.15) is 23.8 Å². The van der Waals surface area contributed by atoms with E-state index >= 15 is 0 Å². The SMILES string of the molecule is COc1cc(CN2CCN(C(C)=O)C[C@](O)(COc3ccc(C)c(C)c3)C2)ccc1OCCCn1ccnc1C. The highest BCUT2D eigenvalue weighted by atomic mass is 16.5. The van der Waals surface area contributed by atoms with Crippen molar-refractivity contribution in [3.63, 3.8) is 0 Å². The molecular weight excluding hydrogens is 508 g/mol. The van der Waals surface area contributed by atoms with E-state index in [2.05, 4.69) is 21.4 Å². The van der Waals surface area contributed by atoms with Crippen molar-refractivity contribution in [1.82, 2.24) is 19.4 Å². The summed E-state index contributed by atoms with van der Waals surface area (Å²) in [4.78, 5) is 20.4. The molecule has 40 heavy (non-hydrogen) atoms. The van der Waals surface area contributed by atoms with Gasteiger partial charge in [-0.15, -0.1) is 0 Å². The molecule has 1 fully saturated rings. The van der Waals surface area contributed by atoms with Crippen LogP contribution in [0, 0.1) is 20.8 Å². The van der Waals surface area contributed by atoms with Crippen LogP contribution in [0.2, 0.25) is 0 Å². The molecule has 1 aliphatic heterocycles. The van der Waals surface area contributed by atoms with Gasteiger partial charge in [0.2, 0.25) is 5.91 Å². The first kappa shape index (κ1) is 29.4. The summed E-state index contributed by atoms with van der Waals surface area (Å²) in [5.74, 6) is 3.01. The van der Waals surface area contributed by atoms with Crippen LogP contribution in [0.25, 0.3) is 0 Å². The maximum atomic E-state index is 12.3. The van der Waals surface area contributed by atoms with E-state index in [-0.39, 0.29) is 19.1 Å². The van der Waals surface area contributed by atoms with Gasteiger partial charge in [0.25, 0.3) is 0 Å². The van der Waals surface area contributed by atoms with Crippen LogP contribution >= 0.6 is 0 Å². The van der Waals surface area contributed by atoms with Crippen LogP contribution in [0.4, 0.5) is 0 Å². The Hall–Kier alpha value is -3.56. The minimum absolute atomic E-state index is 0.0576. The summed E-state index contributed by atoms with van der Waals surface area (Å²) in [5.41, 5.74) is 2.13. The van der Waals surface area contributed by atoms with Crippen molar-refractivity contribution in [1.29, 1.82) is 0 Å². The summed E-state index contributed by atoms with van der Waals surface area (Å²) >= 11 is 0. The van der Waals surface area contributed by atoms with Gasteiger partial charge < -0.3 is 28.8 Å². The van der Waals surface area contributed by atoms with E-state index in [1.807, 2.05) is 56.4 Å². The molecule has 1 atom stereocenters. The molecule has 0 unspecified atom stereocenters. The summed E-state index contributed by atoms with van der Waals surface area (Å²) in [6.07, 6.45) is 4.63. The molecule has 1 amide bonds. The zero-order chi connectivity index (χ0) is 28.7. The average Bonchev–Trinajstić information content (AvgIpc) is 3.25. The number of hydrogen-bond acceptors (Lipinski definition) is 7. The number of aliphatic hydroxyl groups is 1. The summed E-state index contributed by atoms with van der Waals surface area (Å²) in [6, 6.07) is 11.8. The van der Waals surface area contributed by atoms with Gasteiger partial charge in [0, 0.05) is 52.0 Å². The van der Waals surface area contributed by atoms with Gasteiger partial charge in [-0.05, 0) is 68.1 Å². The van der Waals surface area contributed by atoms with Gasteiger partial charge in [-0.1, -0.05) is 12.1 Å². The van der Waals surface area contributed by atoms with Crippen molar-refractivity contribution >= 4 is 5.91 Å². The average molecular weight is 551 g/mol. The maximum Gasteiger partial charge on any atom is 0.219 e. The van der Waals surface area contributed by atoms with Gasteiger partial charge in [-0.3, -0.25) is 9.69 Å². The molecule has 0 saturated carbocycles. The molecule has 9 nitrogen and oxygen atoms in total. The summed E-state index contributed by atoms with van der Waals surface area (Å²) in [5, 5.41) is 11.6. The number of ether oxygens (including phenoxy) is 3. The molecule has 2 heterocycles. The lowest BCUT2D eigenvalue weighted by Gasteiger charge is -2.33. The highest BCUT2D eigenvalue weighted by Crippen LogP contribution is 2.29. The van der Waals surface area contributed by atoms with Gasteiger partial charge in [-0.2, -0.15) is 0 Å². The summed E-state index contributed by atoms with van der Waals surface area (Å²) < 4.78 is 19.8. The number of aryl methyl sites for hydroxylation is 4. The quantitative estimate of drug-likeness (QED) is 0.364. The van der Waals surface area contributed by atoms with Crippen molar-refractivity contribution in [2.75, 3.05) is 46.5 Å². The summed E-state index contributed by atoms with van der Waals surface area (Å²) in [6.45, 7) is 11.5. The number of carbonyl (C=O) groups excluding carboxylic acids is 1. The number of imidazole rings is 1.